The van der Waals surface area contributed by atoms with Crippen LogP contribution >= 0.6 is 11.3 Å². The van der Waals surface area contributed by atoms with E-state index in [0.717, 1.165) is 16.7 Å². The standard InChI is InChI=1S/C12H21N3S/c1-7(13)11-8(2)14-12(16-11)15(4)9(3)10-5-6-10/h7,9-10H,5-6,13H2,1-4H3. The van der Waals surface area contributed by atoms with Gasteiger partial charge in [0.05, 0.1) is 5.69 Å². The van der Waals surface area contributed by atoms with E-state index in [2.05, 4.69) is 23.9 Å². The van der Waals surface area contributed by atoms with Crippen molar-refractivity contribution in [2.24, 2.45) is 11.7 Å². The van der Waals surface area contributed by atoms with Crippen LogP contribution in [0.25, 0.3) is 0 Å². The molecule has 0 bridgehead atoms. The summed E-state index contributed by atoms with van der Waals surface area (Å²) in [5.74, 6) is 0.868. The minimum atomic E-state index is 0.0934. The normalized spacial score (nSPS) is 19.6. The molecule has 1 aliphatic carbocycles. The quantitative estimate of drug-likeness (QED) is 0.878. The number of anilines is 1. The van der Waals surface area contributed by atoms with Gasteiger partial charge in [0.1, 0.15) is 0 Å². The number of aryl methyl sites for hydroxylation is 1. The smallest absolute Gasteiger partial charge is 0.185 e. The van der Waals surface area contributed by atoms with E-state index in [1.165, 1.54) is 17.7 Å². The Morgan fingerprint density at radius 3 is 2.50 bits per heavy atom. The molecule has 90 valence electrons. The molecule has 3 nitrogen and oxygen atoms in total. The zero-order chi connectivity index (χ0) is 11.9. The lowest BCUT2D eigenvalue weighted by Crippen LogP contribution is -2.30. The fourth-order valence-corrected chi connectivity index (χ4v) is 3.10. The van der Waals surface area contributed by atoms with Crippen LogP contribution in [-0.2, 0) is 0 Å². The summed E-state index contributed by atoms with van der Waals surface area (Å²) < 4.78 is 0. The number of aromatic nitrogens is 1. The van der Waals surface area contributed by atoms with Crippen molar-refractivity contribution < 1.29 is 0 Å². The molecular weight excluding hydrogens is 218 g/mol. The van der Waals surface area contributed by atoms with Crippen molar-refractivity contribution >= 4 is 16.5 Å². The van der Waals surface area contributed by atoms with Gasteiger partial charge < -0.3 is 10.6 Å². The minimum Gasteiger partial charge on any atom is -0.348 e. The number of hydrogen-bond donors (Lipinski definition) is 1. The molecule has 1 heterocycles. The zero-order valence-electron chi connectivity index (χ0n) is 10.5. The van der Waals surface area contributed by atoms with Gasteiger partial charge in [-0.3, -0.25) is 0 Å². The van der Waals surface area contributed by atoms with E-state index in [1.54, 1.807) is 11.3 Å². The van der Waals surface area contributed by atoms with Crippen molar-refractivity contribution in [2.75, 3.05) is 11.9 Å². The average molecular weight is 239 g/mol. The van der Waals surface area contributed by atoms with Crippen LogP contribution in [0.1, 0.15) is 43.3 Å². The van der Waals surface area contributed by atoms with Crippen molar-refractivity contribution in [2.45, 2.75) is 45.7 Å². The molecule has 0 spiro atoms. The van der Waals surface area contributed by atoms with E-state index < -0.39 is 0 Å². The third kappa shape index (κ3) is 2.23. The van der Waals surface area contributed by atoms with Crippen LogP contribution in [0.2, 0.25) is 0 Å². The number of nitrogens with zero attached hydrogens (tertiary/aromatic N) is 2. The summed E-state index contributed by atoms with van der Waals surface area (Å²) in [4.78, 5) is 8.15. The van der Waals surface area contributed by atoms with Gasteiger partial charge in [-0.05, 0) is 39.5 Å². The molecule has 16 heavy (non-hydrogen) atoms. The lowest BCUT2D eigenvalue weighted by atomic mass is 10.2. The topological polar surface area (TPSA) is 42.2 Å². The third-order valence-electron chi connectivity index (χ3n) is 3.45. The Kier molecular flexibility index (Phi) is 3.22. The highest BCUT2D eigenvalue weighted by Crippen LogP contribution is 2.38. The van der Waals surface area contributed by atoms with Crippen LogP contribution in [0.3, 0.4) is 0 Å². The van der Waals surface area contributed by atoms with Gasteiger partial charge in [0, 0.05) is 24.0 Å². The van der Waals surface area contributed by atoms with Gasteiger partial charge in [0.15, 0.2) is 5.13 Å². The SMILES string of the molecule is Cc1nc(N(C)C(C)C2CC2)sc1C(C)N. The first-order valence-corrected chi connectivity index (χ1v) is 6.78. The molecule has 1 fully saturated rings. The van der Waals surface area contributed by atoms with Crippen molar-refractivity contribution in [3.8, 4) is 0 Å². The van der Waals surface area contributed by atoms with Gasteiger partial charge in [-0.2, -0.15) is 0 Å². The van der Waals surface area contributed by atoms with Crippen LogP contribution in [-0.4, -0.2) is 18.1 Å². The molecule has 0 amide bonds. The molecule has 1 aliphatic rings. The van der Waals surface area contributed by atoms with Gasteiger partial charge in [0.2, 0.25) is 0 Å². The Morgan fingerprint density at radius 2 is 2.06 bits per heavy atom. The molecule has 1 aromatic rings. The molecule has 1 saturated carbocycles. The summed E-state index contributed by atoms with van der Waals surface area (Å²) in [6, 6.07) is 0.697. The largest absolute Gasteiger partial charge is 0.348 e. The Balaban J connectivity index is 2.16. The fourth-order valence-electron chi connectivity index (χ4n) is 2.04. The van der Waals surface area contributed by atoms with E-state index in [4.69, 9.17) is 5.73 Å². The van der Waals surface area contributed by atoms with Gasteiger partial charge in [-0.25, -0.2) is 4.98 Å². The molecular formula is C12H21N3S. The van der Waals surface area contributed by atoms with Crippen LogP contribution in [0.4, 0.5) is 5.13 Å². The fraction of sp³-hybridized carbons (Fsp3) is 0.750. The maximum atomic E-state index is 5.93. The predicted molar refractivity (Wildman–Crippen MR) is 70.0 cm³/mol. The van der Waals surface area contributed by atoms with E-state index in [-0.39, 0.29) is 6.04 Å². The second kappa shape index (κ2) is 4.34. The number of nitrogens with two attached hydrogens (primary N) is 1. The number of hydrogen-bond acceptors (Lipinski definition) is 4. The maximum absolute atomic E-state index is 5.93. The molecule has 0 radical (unpaired) electrons. The van der Waals surface area contributed by atoms with Gasteiger partial charge in [0.25, 0.3) is 0 Å². The molecule has 2 atom stereocenters. The van der Waals surface area contributed by atoms with E-state index in [0.29, 0.717) is 6.04 Å². The summed E-state index contributed by atoms with van der Waals surface area (Å²) in [6.45, 7) is 6.36. The highest BCUT2D eigenvalue weighted by atomic mass is 32.1. The summed E-state index contributed by atoms with van der Waals surface area (Å²) in [5.41, 5.74) is 7.02. The Hall–Kier alpha value is -0.610. The second-order valence-corrected chi connectivity index (χ2v) is 5.93. The van der Waals surface area contributed by atoms with Crippen LogP contribution < -0.4 is 10.6 Å². The maximum Gasteiger partial charge on any atom is 0.185 e. The molecule has 2 rings (SSSR count). The van der Waals surface area contributed by atoms with Gasteiger partial charge >= 0.3 is 0 Å². The van der Waals surface area contributed by atoms with Gasteiger partial charge in [-0.15, -0.1) is 11.3 Å². The van der Waals surface area contributed by atoms with Crippen molar-refractivity contribution in [3.05, 3.63) is 10.6 Å². The highest BCUT2D eigenvalue weighted by Gasteiger charge is 2.31. The molecule has 2 N–H and O–H groups in total. The first-order chi connectivity index (χ1) is 7.50. The van der Waals surface area contributed by atoms with Gasteiger partial charge in [-0.1, -0.05) is 0 Å². The first kappa shape index (κ1) is 11.9. The highest BCUT2D eigenvalue weighted by molar-refractivity contribution is 7.15. The lowest BCUT2D eigenvalue weighted by molar-refractivity contribution is 0.608. The minimum absolute atomic E-state index is 0.0934. The van der Waals surface area contributed by atoms with Crippen LogP contribution in [0, 0.1) is 12.8 Å². The lowest BCUT2D eigenvalue weighted by Gasteiger charge is -2.23. The van der Waals surface area contributed by atoms with Crippen molar-refractivity contribution in [1.29, 1.82) is 0 Å². The first-order valence-electron chi connectivity index (χ1n) is 5.96. The Morgan fingerprint density at radius 1 is 1.44 bits per heavy atom. The number of thiazole rings is 1. The summed E-state index contributed by atoms with van der Waals surface area (Å²) in [6.07, 6.45) is 2.74. The van der Waals surface area contributed by atoms with E-state index in [1.807, 2.05) is 13.8 Å². The molecule has 1 aromatic heterocycles. The van der Waals surface area contributed by atoms with E-state index in [9.17, 15) is 0 Å². The van der Waals surface area contributed by atoms with Crippen molar-refractivity contribution in [3.63, 3.8) is 0 Å². The summed E-state index contributed by atoms with van der Waals surface area (Å²) in [5, 5.41) is 1.12. The zero-order valence-corrected chi connectivity index (χ0v) is 11.3. The van der Waals surface area contributed by atoms with E-state index >= 15 is 0 Å². The van der Waals surface area contributed by atoms with Crippen molar-refractivity contribution in [1.82, 2.24) is 4.98 Å². The predicted octanol–water partition coefficient (Wildman–Crippen LogP) is 2.71. The molecule has 4 heteroatoms. The molecule has 2 unspecified atom stereocenters. The van der Waals surface area contributed by atoms with Crippen LogP contribution in [0.15, 0.2) is 0 Å². The molecule has 0 aliphatic heterocycles. The monoisotopic (exact) mass is 239 g/mol. The second-order valence-electron chi connectivity index (χ2n) is 4.92. The Bertz CT molecular complexity index is 368. The molecule has 0 aromatic carbocycles. The third-order valence-corrected chi connectivity index (χ3v) is 4.90. The van der Waals surface area contributed by atoms with Crippen LogP contribution in [0.5, 0.6) is 0 Å². The molecule has 0 saturated heterocycles. The summed E-state index contributed by atoms with van der Waals surface area (Å²) >= 11 is 1.74. The number of rotatable bonds is 4. The summed E-state index contributed by atoms with van der Waals surface area (Å²) in [7, 11) is 2.15. The Labute approximate surface area is 102 Å². The average Bonchev–Trinajstić information content (AvgIpc) is 2.99.